The van der Waals surface area contributed by atoms with Gasteiger partial charge < -0.3 is 15.2 Å². The maximum Gasteiger partial charge on any atom is 0.330 e. The lowest BCUT2D eigenvalue weighted by Gasteiger charge is -2.14. The number of methoxy groups -OCH3 is 1. The molecule has 17 heavy (non-hydrogen) atoms. The summed E-state index contributed by atoms with van der Waals surface area (Å²) in [5, 5.41) is 11.4. The first-order valence-corrected chi connectivity index (χ1v) is 5.92. The largest absolute Gasteiger partial charge is 0.467 e. The summed E-state index contributed by atoms with van der Waals surface area (Å²) in [7, 11) is 1.20. The van der Waals surface area contributed by atoms with E-state index in [1.54, 1.807) is 18.2 Å². The highest BCUT2D eigenvalue weighted by Gasteiger charge is 2.21. The Morgan fingerprint density at radius 3 is 2.65 bits per heavy atom. The highest BCUT2D eigenvalue weighted by molar-refractivity contribution is 14.1. The molecule has 1 rings (SSSR count). The van der Waals surface area contributed by atoms with Crippen molar-refractivity contribution < 1.29 is 19.4 Å². The van der Waals surface area contributed by atoms with Gasteiger partial charge in [-0.2, -0.15) is 0 Å². The van der Waals surface area contributed by atoms with Crippen molar-refractivity contribution in [1.82, 2.24) is 5.32 Å². The molecule has 0 saturated carbocycles. The lowest BCUT2D eigenvalue weighted by atomic mass is 10.2. The molecule has 0 aliphatic heterocycles. The highest BCUT2D eigenvalue weighted by Crippen LogP contribution is 2.11. The van der Waals surface area contributed by atoms with Gasteiger partial charge in [0.25, 0.3) is 5.91 Å². The summed E-state index contributed by atoms with van der Waals surface area (Å²) >= 11 is 2.02. The zero-order valence-electron chi connectivity index (χ0n) is 9.14. The normalized spacial score (nSPS) is 11.7. The molecule has 1 amide bonds. The van der Waals surface area contributed by atoms with Crippen LogP contribution in [0.2, 0.25) is 0 Å². The van der Waals surface area contributed by atoms with Crippen molar-refractivity contribution in [3.8, 4) is 0 Å². The molecule has 0 aromatic heterocycles. The summed E-state index contributed by atoms with van der Waals surface area (Å²) in [6.45, 7) is -0.498. The molecule has 0 radical (unpaired) electrons. The number of esters is 1. The minimum atomic E-state index is -1.04. The fourth-order valence-electron chi connectivity index (χ4n) is 1.20. The predicted molar refractivity (Wildman–Crippen MR) is 69.5 cm³/mol. The molecular weight excluding hydrogens is 337 g/mol. The quantitative estimate of drug-likeness (QED) is 0.615. The Hall–Kier alpha value is -1.15. The number of carbonyl (C=O) groups excluding carboxylic acids is 2. The number of hydrogen-bond donors (Lipinski definition) is 2. The molecule has 0 fully saturated rings. The second-order valence-electron chi connectivity index (χ2n) is 3.21. The molecule has 1 atom stereocenters. The first-order valence-electron chi connectivity index (χ1n) is 4.84. The fourth-order valence-corrected chi connectivity index (χ4v) is 1.84. The Bertz CT molecular complexity index is 422. The lowest BCUT2D eigenvalue weighted by molar-refractivity contribution is -0.143. The Kier molecular flexibility index (Phi) is 5.36. The average molecular weight is 349 g/mol. The van der Waals surface area contributed by atoms with Crippen LogP contribution >= 0.6 is 22.6 Å². The number of aliphatic hydroxyl groups excluding tert-OH is 1. The summed E-state index contributed by atoms with van der Waals surface area (Å²) in [6, 6.07) is 5.92. The van der Waals surface area contributed by atoms with E-state index in [2.05, 4.69) is 10.1 Å². The van der Waals surface area contributed by atoms with Gasteiger partial charge in [-0.25, -0.2) is 4.79 Å². The average Bonchev–Trinajstić information content (AvgIpc) is 2.35. The SMILES string of the molecule is COC(=O)C(CO)NC(=O)c1ccccc1I. The van der Waals surface area contributed by atoms with E-state index in [9.17, 15) is 9.59 Å². The maximum atomic E-state index is 11.8. The van der Waals surface area contributed by atoms with Crippen LogP contribution in [0.4, 0.5) is 0 Å². The van der Waals surface area contributed by atoms with Crippen molar-refractivity contribution in [3.05, 3.63) is 33.4 Å². The summed E-state index contributed by atoms with van der Waals surface area (Å²) in [4.78, 5) is 23.0. The zero-order valence-corrected chi connectivity index (χ0v) is 11.3. The van der Waals surface area contributed by atoms with E-state index in [0.29, 0.717) is 5.56 Å². The smallest absolute Gasteiger partial charge is 0.330 e. The van der Waals surface area contributed by atoms with Gasteiger partial charge in [0, 0.05) is 3.57 Å². The van der Waals surface area contributed by atoms with Gasteiger partial charge in [0.15, 0.2) is 6.04 Å². The van der Waals surface area contributed by atoms with Gasteiger partial charge in [-0.1, -0.05) is 12.1 Å². The molecule has 0 spiro atoms. The highest BCUT2D eigenvalue weighted by atomic mass is 127. The maximum absolute atomic E-state index is 11.8. The van der Waals surface area contributed by atoms with Crippen LogP contribution in [0.15, 0.2) is 24.3 Å². The van der Waals surface area contributed by atoms with Crippen LogP contribution in [0.25, 0.3) is 0 Å². The number of carbonyl (C=O) groups is 2. The van der Waals surface area contributed by atoms with Crippen molar-refractivity contribution >= 4 is 34.5 Å². The standard InChI is InChI=1S/C11H12INO4/c1-17-11(16)9(6-14)13-10(15)7-4-2-3-5-8(7)12/h2-5,9,14H,6H2,1H3,(H,13,15). The number of hydrogen-bond acceptors (Lipinski definition) is 4. The third-order valence-electron chi connectivity index (χ3n) is 2.09. The van der Waals surface area contributed by atoms with Crippen LogP contribution in [-0.4, -0.2) is 36.7 Å². The molecular formula is C11H12INO4. The van der Waals surface area contributed by atoms with Gasteiger partial charge in [0.1, 0.15) is 0 Å². The van der Waals surface area contributed by atoms with Crippen molar-refractivity contribution in [1.29, 1.82) is 0 Å². The van der Waals surface area contributed by atoms with Crippen molar-refractivity contribution in [2.75, 3.05) is 13.7 Å². The first kappa shape index (κ1) is 13.9. The van der Waals surface area contributed by atoms with Gasteiger partial charge in [-0.05, 0) is 34.7 Å². The van der Waals surface area contributed by atoms with Crippen LogP contribution < -0.4 is 5.32 Å². The van der Waals surface area contributed by atoms with E-state index in [4.69, 9.17) is 5.11 Å². The third-order valence-corrected chi connectivity index (χ3v) is 3.03. The molecule has 6 heteroatoms. The summed E-state index contributed by atoms with van der Waals surface area (Å²) in [6.07, 6.45) is 0. The van der Waals surface area contributed by atoms with Gasteiger partial charge >= 0.3 is 5.97 Å². The fraction of sp³-hybridized carbons (Fsp3) is 0.273. The molecule has 1 unspecified atom stereocenters. The van der Waals surface area contributed by atoms with Gasteiger partial charge in [-0.15, -0.1) is 0 Å². The Labute approximate surface area is 112 Å². The topological polar surface area (TPSA) is 75.6 Å². The minimum absolute atomic E-state index is 0.417. The second kappa shape index (κ2) is 6.55. The van der Waals surface area contributed by atoms with Gasteiger partial charge in [-0.3, -0.25) is 4.79 Å². The van der Waals surface area contributed by atoms with E-state index in [1.165, 1.54) is 7.11 Å². The van der Waals surface area contributed by atoms with E-state index in [-0.39, 0.29) is 0 Å². The van der Waals surface area contributed by atoms with Crippen molar-refractivity contribution in [2.24, 2.45) is 0 Å². The molecule has 0 bridgehead atoms. The lowest BCUT2D eigenvalue weighted by Crippen LogP contribution is -2.44. The van der Waals surface area contributed by atoms with Crippen LogP contribution in [0.5, 0.6) is 0 Å². The number of amides is 1. The molecule has 92 valence electrons. The first-order chi connectivity index (χ1) is 8.10. The summed E-state index contributed by atoms with van der Waals surface area (Å²) < 4.78 is 5.22. The van der Waals surface area contributed by atoms with E-state index < -0.39 is 24.5 Å². The molecule has 1 aromatic rings. The Balaban J connectivity index is 2.78. The van der Waals surface area contributed by atoms with E-state index in [1.807, 2.05) is 28.7 Å². The number of halogens is 1. The summed E-state index contributed by atoms with van der Waals surface area (Å²) in [5.41, 5.74) is 0.454. The van der Waals surface area contributed by atoms with Crippen LogP contribution in [0.3, 0.4) is 0 Å². The van der Waals surface area contributed by atoms with Crippen LogP contribution in [-0.2, 0) is 9.53 Å². The van der Waals surface area contributed by atoms with Gasteiger partial charge in [0.05, 0.1) is 19.3 Å². The number of ether oxygens (including phenoxy) is 1. The summed E-state index contributed by atoms with van der Waals surface area (Å²) in [5.74, 6) is -1.09. The molecule has 2 N–H and O–H groups in total. The van der Waals surface area contributed by atoms with Crippen molar-refractivity contribution in [3.63, 3.8) is 0 Å². The molecule has 0 aliphatic rings. The van der Waals surface area contributed by atoms with Crippen LogP contribution in [0.1, 0.15) is 10.4 Å². The monoisotopic (exact) mass is 349 g/mol. The second-order valence-corrected chi connectivity index (χ2v) is 4.37. The molecule has 0 aliphatic carbocycles. The zero-order chi connectivity index (χ0) is 12.8. The van der Waals surface area contributed by atoms with Crippen molar-refractivity contribution in [2.45, 2.75) is 6.04 Å². The molecule has 5 nitrogen and oxygen atoms in total. The molecule has 1 aromatic carbocycles. The number of benzene rings is 1. The number of rotatable bonds is 4. The number of nitrogens with one attached hydrogen (secondary N) is 1. The van der Waals surface area contributed by atoms with E-state index in [0.717, 1.165) is 3.57 Å². The van der Waals surface area contributed by atoms with Crippen LogP contribution in [0, 0.1) is 3.57 Å². The number of aliphatic hydroxyl groups is 1. The molecule has 0 heterocycles. The van der Waals surface area contributed by atoms with E-state index >= 15 is 0 Å². The Morgan fingerprint density at radius 1 is 1.47 bits per heavy atom. The molecule has 0 saturated heterocycles. The van der Waals surface area contributed by atoms with Gasteiger partial charge in [0.2, 0.25) is 0 Å². The minimum Gasteiger partial charge on any atom is -0.467 e. The Morgan fingerprint density at radius 2 is 2.12 bits per heavy atom. The predicted octanol–water partition coefficient (Wildman–Crippen LogP) is 0.555. The third kappa shape index (κ3) is 3.67.